The molecule has 0 aromatic heterocycles. The monoisotopic (exact) mass is 431 g/mol. The van der Waals surface area contributed by atoms with Crippen LogP contribution in [0.3, 0.4) is 0 Å². The maximum atomic E-state index is 9.07. The molecule has 2 rings (SSSR count). The van der Waals surface area contributed by atoms with E-state index in [1.165, 1.54) is 12.8 Å². The number of anilines is 1. The third-order valence-electron chi connectivity index (χ3n) is 3.19. The molecule has 5 nitrogen and oxygen atoms in total. The Labute approximate surface area is 154 Å². The predicted molar refractivity (Wildman–Crippen MR) is 92.5 cm³/mol. The minimum atomic E-state index is -2.21. The first-order chi connectivity index (χ1) is 11.0. The van der Waals surface area contributed by atoms with E-state index in [9.17, 15) is 0 Å². The number of hydrogen-bond donors (Lipinski definition) is 0. The quantitative estimate of drug-likeness (QED) is 0.445. The van der Waals surface area contributed by atoms with Crippen LogP contribution in [0.2, 0.25) is 0 Å². The first-order valence-corrected chi connectivity index (χ1v) is 19.3. The Balaban J connectivity index is 0.000000593. The third-order valence-corrected chi connectivity index (χ3v) is 3.19. The summed E-state index contributed by atoms with van der Waals surface area (Å²) >= 11 is -2.21. The van der Waals surface area contributed by atoms with Crippen molar-refractivity contribution in [1.29, 1.82) is 5.39 Å². The van der Waals surface area contributed by atoms with Crippen molar-refractivity contribution in [3.8, 4) is 11.5 Å². The van der Waals surface area contributed by atoms with Gasteiger partial charge in [-0.25, -0.2) is 0 Å². The van der Waals surface area contributed by atoms with Gasteiger partial charge in [-0.3, -0.25) is 0 Å². The van der Waals surface area contributed by atoms with Crippen LogP contribution in [0.15, 0.2) is 12.1 Å². The summed E-state index contributed by atoms with van der Waals surface area (Å²) in [4.78, 5) is 5.56. The van der Waals surface area contributed by atoms with Gasteiger partial charge in [0.1, 0.15) is 0 Å². The van der Waals surface area contributed by atoms with Crippen molar-refractivity contribution in [3.63, 3.8) is 0 Å². The minimum absolute atomic E-state index is 0.410. The molecule has 0 amide bonds. The summed E-state index contributed by atoms with van der Waals surface area (Å²) in [5.41, 5.74) is 1.43. The molecule has 1 aliphatic heterocycles. The fourth-order valence-electron chi connectivity index (χ4n) is 2.36. The van der Waals surface area contributed by atoms with Gasteiger partial charge in [0, 0.05) is 19.2 Å². The molecule has 1 fully saturated rings. The predicted octanol–water partition coefficient (Wildman–Crippen LogP) is 5.63. The van der Waals surface area contributed by atoms with E-state index in [0.717, 1.165) is 24.5 Å². The van der Waals surface area contributed by atoms with Crippen molar-refractivity contribution in [1.82, 2.24) is 0 Å². The van der Waals surface area contributed by atoms with Gasteiger partial charge in [-0.2, -0.15) is 0 Å². The molecule has 0 saturated carbocycles. The zero-order chi connectivity index (χ0) is 17.2. The van der Waals surface area contributed by atoms with Gasteiger partial charge in [-0.1, -0.05) is 0 Å². The molecule has 1 saturated heterocycles. The Morgan fingerprint density at radius 2 is 1.61 bits per heavy atom. The average molecular weight is 434 g/mol. The summed E-state index contributed by atoms with van der Waals surface area (Å²) < 4.78 is 11.2. The van der Waals surface area contributed by atoms with E-state index in [2.05, 4.69) is 9.88 Å². The summed E-state index contributed by atoms with van der Waals surface area (Å²) in [6.07, 6.45) is 2.39. The summed E-state index contributed by atoms with van der Waals surface area (Å²) in [6, 6.07) is 3.65. The van der Waals surface area contributed by atoms with Crippen LogP contribution in [0.1, 0.15) is 26.7 Å². The number of benzene rings is 1. The van der Waals surface area contributed by atoms with E-state index in [4.69, 9.17) is 43.9 Å². The molecule has 0 atom stereocenters. The summed E-state index contributed by atoms with van der Waals surface area (Å²) in [5, 5.41) is 9.07. The second-order valence-electron chi connectivity index (χ2n) is 4.75. The van der Waals surface area contributed by atoms with Gasteiger partial charge >= 0.3 is 47.7 Å². The van der Waals surface area contributed by atoms with Crippen molar-refractivity contribution in [3.05, 3.63) is 17.1 Å². The zero-order valence-electron chi connectivity index (χ0n) is 13.4. The SMILES string of the molecule is CCOc1cc(N2CCCC2)c(OCC)cc1[N+]#N.[Cl][Zn-]([Cl])[Cl]. The van der Waals surface area contributed by atoms with Crippen LogP contribution in [0.25, 0.3) is 4.98 Å². The zero-order valence-corrected chi connectivity index (χ0v) is 18.6. The van der Waals surface area contributed by atoms with E-state index >= 15 is 0 Å². The Kier molecular flexibility index (Phi) is 9.98. The fraction of sp³-hybridized carbons (Fsp3) is 0.571. The van der Waals surface area contributed by atoms with Crippen LogP contribution < -0.4 is 14.4 Å². The fourth-order valence-corrected chi connectivity index (χ4v) is 2.36. The van der Waals surface area contributed by atoms with E-state index in [-0.39, 0.29) is 0 Å². The molecule has 1 aromatic rings. The molecule has 0 N–H and O–H groups in total. The van der Waals surface area contributed by atoms with E-state index in [1.54, 1.807) is 6.07 Å². The van der Waals surface area contributed by atoms with Gasteiger partial charge < -0.3 is 14.4 Å². The molecule has 23 heavy (non-hydrogen) atoms. The molecule has 9 heteroatoms. The molecular weight excluding hydrogens is 414 g/mol. The molecule has 1 heterocycles. The molecule has 1 aliphatic rings. The van der Waals surface area contributed by atoms with Crippen LogP contribution in [0.4, 0.5) is 11.4 Å². The van der Waals surface area contributed by atoms with Gasteiger partial charge in [-0.05, 0) is 26.7 Å². The van der Waals surface area contributed by atoms with E-state index < -0.39 is 13.0 Å². The van der Waals surface area contributed by atoms with Crippen molar-refractivity contribution in [2.75, 3.05) is 31.2 Å². The third kappa shape index (κ3) is 6.89. The van der Waals surface area contributed by atoms with Crippen LogP contribution in [-0.4, -0.2) is 26.3 Å². The second kappa shape index (κ2) is 11.2. The molecule has 0 radical (unpaired) electrons. The molecular formula is C14H20Cl3N3O2Zn. The van der Waals surface area contributed by atoms with Crippen molar-refractivity contribution >= 4 is 40.4 Å². The summed E-state index contributed by atoms with van der Waals surface area (Å²) in [6.45, 7) is 7.03. The van der Waals surface area contributed by atoms with Crippen LogP contribution in [0.5, 0.6) is 11.5 Å². The van der Waals surface area contributed by atoms with Crippen molar-refractivity contribution < 1.29 is 22.5 Å². The number of halogens is 3. The van der Waals surface area contributed by atoms with Crippen LogP contribution in [0, 0.1) is 5.39 Å². The van der Waals surface area contributed by atoms with Crippen molar-refractivity contribution in [2.24, 2.45) is 0 Å². The topological polar surface area (TPSA) is 49.9 Å². The van der Waals surface area contributed by atoms with Gasteiger partial charge in [0.05, 0.1) is 25.0 Å². The molecule has 126 valence electrons. The Bertz CT molecular complexity index is 532. The van der Waals surface area contributed by atoms with E-state index in [0.29, 0.717) is 24.7 Å². The Hall–Kier alpha value is -0.467. The molecule has 0 spiro atoms. The van der Waals surface area contributed by atoms with Crippen LogP contribution >= 0.6 is 29.1 Å². The Morgan fingerprint density at radius 3 is 2.09 bits per heavy atom. The summed E-state index contributed by atoms with van der Waals surface area (Å²) in [7, 11) is 15.0. The van der Waals surface area contributed by atoms with Gasteiger partial charge in [0.2, 0.25) is 11.1 Å². The van der Waals surface area contributed by atoms with Crippen LogP contribution in [-0.2, 0) is 13.0 Å². The standard InChI is InChI=1S/C14H20N3O2.3ClH.Zn/c1-3-18-13-10-12(17-7-5-6-8-17)14(19-4-2)9-11(13)16-15;;;;/h9-10H,3-8H2,1-2H3;3*1H;/q+1;;;;+2/p-3. The Morgan fingerprint density at radius 1 is 1.09 bits per heavy atom. The van der Waals surface area contributed by atoms with Gasteiger partial charge in [-0.15, -0.1) is 0 Å². The number of rotatable bonds is 5. The summed E-state index contributed by atoms with van der Waals surface area (Å²) in [5.74, 6) is 1.34. The maximum absolute atomic E-state index is 9.07. The molecule has 0 unspecified atom stereocenters. The normalized spacial score (nSPS) is 13.0. The van der Waals surface area contributed by atoms with Gasteiger partial charge in [0.15, 0.2) is 10.7 Å². The number of hydrogen-bond acceptors (Lipinski definition) is 4. The van der Waals surface area contributed by atoms with E-state index in [1.807, 2.05) is 19.9 Å². The van der Waals surface area contributed by atoms with Crippen molar-refractivity contribution in [2.45, 2.75) is 26.7 Å². The molecule has 0 bridgehead atoms. The number of ether oxygens (including phenoxy) is 2. The number of diazo groups is 1. The molecule has 0 aliphatic carbocycles. The first kappa shape index (κ1) is 20.6. The first-order valence-electron chi connectivity index (χ1n) is 7.64. The second-order valence-corrected chi connectivity index (χ2v) is 18.6. The van der Waals surface area contributed by atoms with Gasteiger partial charge in [0.25, 0.3) is 0 Å². The molecule has 1 aromatic carbocycles. The average Bonchev–Trinajstić information content (AvgIpc) is 3.02. The number of nitrogens with zero attached hydrogens (tertiary/aromatic N) is 3.